The van der Waals surface area contributed by atoms with E-state index in [-0.39, 0.29) is 0 Å². The fourth-order valence-corrected chi connectivity index (χ4v) is 6.38. The van der Waals surface area contributed by atoms with Crippen molar-refractivity contribution in [2.75, 3.05) is 0 Å². The maximum absolute atomic E-state index is 5.12. The monoisotopic (exact) mass is 574 g/mol. The molecule has 4 heteroatoms. The van der Waals surface area contributed by atoms with E-state index in [1.54, 1.807) is 0 Å². The predicted octanol–water partition coefficient (Wildman–Crippen LogP) is 10.8. The first-order chi connectivity index (χ1) is 21.2. The average Bonchev–Trinajstić information content (AvgIpc) is 3.80. The van der Waals surface area contributed by atoms with Crippen molar-refractivity contribution in [3.63, 3.8) is 0 Å². The third-order valence-electron chi connectivity index (χ3n) is 8.81. The Bertz CT molecular complexity index is 1380. The Kier molecular flexibility index (Phi) is 11.9. The molecule has 0 amide bonds. The number of allylic oxidation sites excluding steroid dienone is 12. The van der Waals surface area contributed by atoms with Gasteiger partial charge in [0.05, 0.1) is 45.6 Å². The number of rotatable bonds is 17. The zero-order valence-electron chi connectivity index (χ0n) is 26.5. The van der Waals surface area contributed by atoms with Crippen molar-refractivity contribution >= 4 is 22.8 Å². The number of aliphatic imine (C=N–C) groups is 4. The van der Waals surface area contributed by atoms with Crippen LogP contribution in [0.4, 0.5) is 0 Å². The van der Waals surface area contributed by atoms with E-state index in [4.69, 9.17) is 20.0 Å². The smallest absolute Gasteiger partial charge is 0.0691 e. The first kappa shape index (κ1) is 31.0. The summed E-state index contributed by atoms with van der Waals surface area (Å²) < 4.78 is 0. The summed E-state index contributed by atoms with van der Waals surface area (Å²) in [4.78, 5) is 19.6. The molecule has 0 fully saturated rings. The van der Waals surface area contributed by atoms with Crippen LogP contribution in [0.2, 0.25) is 0 Å². The number of fused-ring (bicyclic) bond motifs is 4. The first-order valence-corrected chi connectivity index (χ1v) is 17.2. The van der Waals surface area contributed by atoms with Gasteiger partial charge in [-0.25, -0.2) is 20.0 Å². The van der Waals surface area contributed by atoms with E-state index in [1.807, 2.05) is 24.3 Å². The van der Waals surface area contributed by atoms with Gasteiger partial charge in [0, 0.05) is 0 Å². The van der Waals surface area contributed by atoms with E-state index in [9.17, 15) is 0 Å². The second kappa shape index (κ2) is 16.4. The van der Waals surface area contributed by atoms with E-state index in [0.29, 0.717) is 5.92 Å². The van der Waals surface area contributed by atoms with Crippen LogP contribution in [0.3, 0.4) is 0 Å². The van der Waals surface area contributed by atoms with Crippen LogP contribution in [-0.2, 0) is 0 Å². The lowest BCUT2D eigenvalue weighted by Crippen LogP contribution is -2.07. The molecule has 5 aliphatic rings. The van der Waals surface area contributed by atoms with Gasteiger partial charge in [0.1, 0.15) is 0 Å². The number of unbranched alkanes of at least 4 members (excludes halogenated alkanes) is 11. The number of hydrogen-bond donors (Lipinski definition) is 0. The molecule has 0 aromatic rings. The minimum Gasteiger partial charge on any atom is -0.249 e. The topological polar surface area (TPSA) is 49.4 Å². The Balaban J connectivity index is 1.32. The Morgan fingerprint density at radius 3 is 1.40 bits per heavy atom. The van der Waals surface area contributed by atoms with Crippen molar-refractivity contribution in [1.29, 1.82) is 0 Å². The molecule has 1 unspecified atom stereocenters. The zero-order chi connectivity index (χ0) is 29.7. The van der Waals surface area contributed by atoms with Gasteiger partial charge in [-0.2, -0.15) is 0 Å². The molecular weight excluding hydrogens is 524 g/mol. The van der Waals surface area contributed by atoms with Crippen molar-refractivity contribution in [1.82, 2.24) is 0 Å². The van der Waals surface area contributed by atoms with E-state index < -0.39 is 0 Å². The molecule has 8 bridgehead atoms. The third-order valence-corrected chi connectivity index (χ3v) is 8.81. The van der Waals surface area contributed by atoms with Gasteiger partial charge in [-0.15, -0.1) is 0 Å². The van der Waals surface area contributed by atoms with Gasteiger partial charge in [0.15, 0.2) is 0 Å². The highest BCUT2D eigenvalue weighted by atomic mass is 14.8. The fraction of sp³-hybridized carbons (Fsp3) is 0.487. The summed E-state index contributed by atoms with van der Waals surface area (Å²) in [6.07, 6.45) is 44.5. The molecular formula is C39H50N4. The van der Waals surface area contributed by atoms with Crippen molar-refractivity contribution in [3.05, 3.63) is 95.2 Å². The van der Waals surface area contributed by atoms with Crippen LogP contribution in [0.25, 0.3) is 0 Å². The highest BCUT2D eigenvalue weighted by Gasteiger charge is 2.20. The Hall–Kier alpha value is -3.40. The molecule has 1 atom stereocenters. The van der Waals surface area contributed by atoms with Crippen LogP contribution in [0.1, 0.15) is 117 Å². The minimum absolute atomic E-state index is 0.701. The molecule has 0 saturated carbocycles. The highest BCUT2D eigenvalue weighted by Crippen LogP contribution is 2.31. The standard InChI is InChI=1S/C39H50N4/c1-3-5-7-9-11-13-15-17-30(16-14-12-10-8-6-4-2)24-31-25-38-28-36-21-20-34(41-36)26-32-18-19-33(40-32)27-35-22-23-37(42-35)29-39(31)43-38/h18-23,25-30H,3-17,24H2,1-2H3. The molecule has 226 valence electrons. The molecule has 0 radical (unpaired) electrons. The van der Waals surface area contributed by atoms with Gasteiger partial charge >= 0.3 is 0 Å². The second-order valence-corrected chi connectivity index (χ2v) is 12.6. The van der Waals surface area contributed by atoms with Crippen molar-refractivity contribution in [2.45, 2.75) is 117 Å². The summed E-state index contributed by atoms with van der Waals surface area (Å²) in [7, 11) is 0. The van der Waals surface area contributed by atoms with Crippen LogP contribution >= 0.6 is 0 Å². The lowest BCUT2D eigenvalue weighted by molar-refractivity contribution is 0.403. The molecule has 0 spiro atoms. The lowest BCUT2D eigenvalue weighted by Gasteiger charge is -2.18. The summed E-state index contributed by atoms with van der Waals surface area (Å²) in [5.41, 5.74) is 8.96. The van der Waals surface area contributed by atoms with Crippen molar-refractivity contribution < 1.29 is 0 Å². The second-order valence-electron chi connectivity index (χ2n) is 12.6. The van der Waals surface area contributed by atoms with Crippen molar-refractivity contribution in [3.8, 4) is 0 Å². The third kappa shape index (κ3) is 9.81. The molecule has 0 aromatic carbocycles. The van der Waals surface area contributed by atoms with E-state index in [2.05, 4.69) is 56.4 Å². The molecule has 43 heavy (non-hydrogen) atoms. The Morgan fingerprint density at radius 1 is 0.442 bits per heavy atom. The lowest BCUT2D eigenvalue weighted by atomic mass is 9.87. The molecule has 0 N–H and O–H groups in total. The summed E-state index contributed by atoms with van der Waals surface area (Å²) in [5.74, 6) is 0.701. The molecule has 5 aliphatic heterocycles. The van der Waals surface area contributed by atoms with Gasteiger partial charge < -0.3 is 0 Å². The van der Waals surface area contributed by atoms with Gasteiger partial charge in [-0.3, -0.25) is 0 Å². The van der Waals surface area contributed by atoms with Gasteiger partial charge in [-0.05, 0) is 84.7 Å². The summed E-state index contributed by atoms with van der Waals surface area (Å²) in [6, 6.07) is 0. The zero-order valence-corrected chi connectivity index (χ0v) is 26.5. The molecule has 0 saturated heterocycles. The largest absolute Gasteiger partial charge is 0.249 e. The van der Waals surface area contributed by atoms with Gasteiger partial charge in [0.25, 0.3) is 0 Å². The predicted molar refractivity (Wildman–Crippen MR) is 186 cm³/mol. The van der Waals surface area contributed by atoms with Crippen LogP contribution < -0.4 is 0 Å². The van der Waals surface area contributed by atoms with Crippen LogP contribution in [0, 0.1) is 5.92 Å². The van der Waals surface area contributed by atoms with Crippen LogP contribution in [0.5, 0.6) is 0 Å². The molecule has 0 aromatic heterocycles. The maximum Gasteiger partial charge on any atom is 0.0691 e. The fourth-order valence-electron chi connectivity index (χ4n) is 6.38. The average molecular weight is 575 g/mol. The normalized spacial score (nSPS) is 19.0. The molecule has 4 nitrogen and oxygen atoms in total. The van der Waals surface area contributed by atoms with Crippen LogP contribution in [0.15, 0.2) is 115 Å². The molecule has 5 rings (SSSR count). The van der Waals surface area contributed by atoms with Crippen LogP contribution in [-0.4, -0.2) is 22.8 Å². The van der Waals surface area contributed by atoms with Gasteiger partial charge in [-0.1, -0.05) is 110 Å². The first-order valence-electron chi connectivity index (χ1n) is 17.2. The van der Waals surface area contributed by atoms with E-state index >= 15 is 0 Å². The van der Waals surface area contributed by atoms with E-state index in [1.165, 1.54) is 102 Å². The van der Waals surface area contributed by atoms with Crippen molar-refractivity contribution in [2.24, 2.45) is 25.9 Å². The maximum atomic E-state index is 5.12. The number of hydrogen-bond acceptors (Lipinski definition) is 4. The summed E-state index contributed by atoms with van der Waals surface area (Å²) in [6.45, 7) is 4.60. The van der Waals surface area contributed by atoms with E-state index in [0.717, 1.165) is 52.1 Å². The summed E-state index contributed by atoms with van der Waals surface area (Å²) in [5, 5.41) is 0. The molecule has 5 heterocycles. The Labute approximate surface area is 260 Å². The minimum atomic E-state index is 0.701. The molecule has 0 aliphatic carbocycles. The Morgan fingerprint density at radius 2 is 0.884 bits per heavy atom. The quantitative estimate of drug-likeness (QED) is 0.155. The highest BCUT2D eigenvalue weighted by molar-refractivity contribution is 6.16. The number of nitrogens with zero attached hydrogens (tertiary/aromatic N) is 4. The SMILES string of the molecule is CCCCCCCCCC(CCCCCCCC)CC1=CC2=CC3=NC(=CC4=NC(=CC5=NC(=CC1=N2)C=C5)C=C4)C=C3. The summed E-state index contributed by atoms with van der Waals surface area (Å²) >= 11 is 0. The van der Waals surface area contributed by atoms with Gasteiger partial charge in [0.2, 0.25) is 0 Å².